The molecular formula is C22H14ClFN4O2. The van der Waals surface area contributed by atoms with Crippen molar-refractivity contribution in [3.63, 3.8) is 0 Å². The van der Waals surface area contributed by atoms with Gasteiger partial charge in [-0.25, -0.2) is 4.39 Å². The molecule has 2 aliphatic heterocycles. The lowest BCUT2D eigenvalue weighted by Crippen LogP contribution is -2.57. The van der Waals surface area contributed by atoms with Crippen LogP contribution in [0, 0.1) is 62.0 Å². The van der Waals surface area contributed by atoms with E-state index in [1.807, 2.05) is 18.2 Å². The molecule has 2 fully saturated rings. The molecule has 1 N–H and O–H groups in total. The van der Waals surface area contributed by atoms with Crippen molar-refractivity contribution >= 4 is 17.5 Å². The van der Waals surface area contributed by atoms with Gasteiger partial charge in [-0.2, -0.15) is 15.8 Å². The lowest BCUT2D eigenvalue weighted by molar-refractivity contribution is -0.289. The Kier molecular flexibility index (Phi) is 4.33. The molecule has 0 spiro atoms. The van der Waals surface area contributed by atoms with Crippen molar-refractivity contribution in [2.45, 2.75) is 18.8 Å². The number of nitriles is 3. The van der Waals surface area contributed by atoms with E-state index >= 15 is 0 Å². The topological polar surface area (TPSA) is 114 Å². The zero-order valence-electron chi connectivity index (χ0n) is 15.7. The molecule has 4 unspecified atom stereocenters. The van der Waals surface area contributed by atoms with Gasteiger partial charge < -0.3 is 9.47 Å². The van der Waals surface area contributed by atoms with E-state index in [2.05, 4.69) is 0 Å². The highest BCUT2D eigenvalue weighted by Gasteiger charge is 2.79. The molecule has 8 heteroatoms. The standard InChI is InChI=1S/C22H14ClFN4O2/c1-13-21(12-27)19(28)30-22(13,14-6-8-15(23)9-7-14)29-18(20(21,10-25)11-26)16-4-2-3-5-17(16)24/h2-9,13,18,28H,1H3. The average molecular weight is 421 g/mol. The molecule has 148 valence electrons. The van der Waals surface area contributed by atoms with Crippen molar-refractivity contribution < 1.29 is 13.9 Å². The molecule has 4 atom stereocenters. The third-order valence-electron chi connectivity index (χ3n) is 6.10. The molecular weight excluding hydrogens is 407 g/mol. The monoisotopic (exact) mass is 420 g/mol. The summed E-state index contributed by atoms with van der Waals surface area (Å²) in [5.41, 5.74) is -3.83. The Morgan fingerprint density at radius 3 is 2.23 bits per heavy atom. The minimum Gasteiger partial charge on any atom is -0.443 e. The number of halogens is 2. The average Bonchev–Trinajstić information content (AvgIpc) is 2.91. The highest BCUT2D eigenvalue weighted by Crippen LogP contribution is 2.69. The summed E-state index contributed by atoms with van der Waals surface area (Å²) >= 11 is 5.99. The van der Waals surface area contributed by atoms with Crippen LogP contribution in [-0.2, 0) is 15.3 Å². The first kappa shape index (κ1) is 19.9. The van der Waals surface area contributed by atoms with Crippen LogP contribution in [0.25, 0.3) is 0 Å². The largest absolute Gasteiger partial charge is 0.443 e. The maximum atomic E-state index is 14.8. The number of benzene rings is 2. The first-order chi connectivity index (χ1) is 14.3. The van der Waals surface area contributed by atoms with Gasteiger partial charge in [0.15, 0.2) is 5.41 Å². The number of hydrogen-bond donors (Lipinski definition) is 1. The first-order valence-electron chi connectivity index (χ1n) is 9.03. The van der Waals surface area contributed by atoms with Crippen LogP contribution in [0.2, 0.25) is 5.02 Å². The summed E-state index contributed by atoms with van der Waals surface area (Å²) < 4.78 is 26.8. The van der Waals surface area contributed by atoms with Crippen LogP contribution >= 0.6 is 11.6 Å². The van der Waals surface area contributed by atoms with Crippen LogP contribution in [0.5, 0.6) is 0 Å². The van der Waals surface area contributed by atoms with Crippen LogP contribution in [0.1, 0.15) is 24.2 Å². The van der Waals surface area contributed by atoms with Crippen LogP contribution in [0.4, 0.5) is 4.39 Å². The molecule has 0 amide bonds. The summed E-state index contributed by atoms with van der Waals surface area (Å²) in [5.74, 6) is -3.86. The van der Waals surface area contributed by atoms with Crippen molar-refractivity contribution in [3.8, 4) is 18.2 Å². The zero-order valence-corrected chi connectivity index (χ0v) is 16.4. The normalized spacial score (nSPS) is 31.1. The van der Waals surface area contributed by atoms with E-state index in [1.54, 1.807) is 37.3 Å². The van der Waals surface area contributed by atoms with Gasteiger partial charge in [0.05, 0.1) is 24.1 Å². The fourth-order valence-electron chi connectivity index (χ4n) is 4.52. The first-order valence-corrected chi connectivity index (χ1v) is 9.41. The fraction of sp³-hybridized carbons (Fsp3) is 0.273. The van der Waals surface area contributed by atoms with E-state index in [4.69, 9.17) is 26.5 Å². The van der Waals surface area contributed by atoms with E-state index in [1.165, 1.54) is 18.2 Å². The molecule has 0 saturated carbocycles. The Morgan fingerprint density at radius 1 is 1.03 bits per heavy atom. The second-order valence-electron chi connectivity index (χ2n) is 7.30. The van der Waals surface area contributed by atoms with Gasteiger partial charge in [0, 0.05) is 16.1 Å². The maximum absolute atomic E-state index is 14.8. The second-order valence-corrected chi connectivity index (χ2v) is 7.73. The Hall–Kier alpha value is -3.44. The minimum atomic E-state index is -2.22. The van der Waals surface area contributed by atoms with Crippen molar-refractivity contribution in [1.29, 1.82) is 21.2 Å². The van der Waals surface area contributed by atoms with Crippen molar-refractivity contribution in [3.05, 3.63) is 70.5 Å². The number of hydrogen-bond acceptors (Lipinski definition) is 6. The predicted octanol–water partition coefficient (Wildman–Crippen LogP) is 4.59. The van der Waals surface area contributed by atoms with Crippen LogP contribution in [0.3, 0.4) is 0 Å². The molecule has 2 aromatic carbocycles. The van der Waals surface area contributed by atoms with Crippen LogP contribution < -0.4 is 0 Å². The molecule has 4 rings (SSSR count). The number of nitrogens with one attached hydrogen (secondary N) is 1. The highest BCUT2D eigenvalue weighted by molar-refractivity contribution is 6.30. The summed E-state index contributed by atoms with van der Waals surface area (Å²) in [7, 11) is 0. The summed E-state index contributed by atoms with van der Waals surface area (Å²) in [6.45, 7) is 1.58. The number of rotatable bonds is 2. The van der Waals surface area contributed by atoms with Crippen molar-refractivity contribution in [1.82, 2.24) is 0 Å². The van der Waals surface area contributed by atoms with Gasteiger partial charge >= 0.3 is 0 Å². The van der Waals surface area contributed by atoms with Gasteiger partial charge in [-0.05, 0) is 18.2 Å². The SMILES string of the molecule is CC1C2(c3ccc(Cl)cc3)OC(=N)C1(C#N)C(C#N)(C#N)C(c1ccccc1F)O2. The lowest BCUT2D eigenvalue weighted by atomic mass is 9.53. The predicted molar refractivity (Wildman–Crippen MR) is 103 cm³/mol. The van der Waals surface area contributed by atoms with E-state index in [9.17, 15) is 20.2 Å². The zero-order chi connectivity index (χ0) is 21.7. The maximum Gasteiger partial charge on any atom is 0.244 e. The van der Waals surface area contributed by atoms with E-state index in [-0.39, 0.29) is 5.56 Å². The molecule has 0 aromatic heterocycles. The van der Waals surface area contributed by atoms with E-state index in [0.29, 0.717) is 10.6 Å². The molecule has 2 aromatic rings. The minimum absolute atomic E-state index is 0.0660. The third-order valence-corrected chi connectivity index (χ3v) is 6.35. The second kappa shape index (κ2) is 6.54. The van der Waals surface area contributed by atoms with Crippen molar-refractivity contribution in [2.75, 3.05) is 0 Å². The van der Waals surface area contributed by atoms with Gasteiger partial charge in [-0.1, -0.05) is 48.9 Å². The Bertz CT molecular complexity index is 1170. The summed E-state index contributed by atoms with van der Waals surface area (Å²) in [5, 5.41) is 39.4. The summed E-state index contributed by atoms with van der Waals surface area (Å²) in [6.07, 6.45) is -1.48. The van der Waals surface area contributed by atoms with Gasteiger partial charge in [-0.3, -0.25) is 5.41 Å². The number of fused-ring (bicyclic) bond motifs is 2. The fourth-order valence-corrected chi connectivity index (χ4v) is 4.64. The van der Waals surface area contributed by atoms with Gasteiger partial charge in [0.1, 0.15) is 11.9 Å². The van der Waals surface area contributed by atoms with Crippen LogP contribution in [-0.4, -0.2) is 5.90 Å². The molecule has 2 bridgehead atoms. The van der Waals surface area contributed by atoms with E-state index < -0.39 is 40.4 Å². The Balaban J connectivity index is 2.06. The molecule has 2 saturated heterocycles. The van der Waals surface area contributed by atoms with Gasteiger partial charge in [0.25, 0.3) is 0 Å². The molecule has 6 nitrogen and oxygen atoms in total. The molecule has 2 aliphatic rings. The number of nitrogens with zero attached hydrogens (tertiary/aromatic N) is 3. The van der Waals surface area contributed by atoms with Gasteiger partial charge in [0.2, 0.25) is 17.1 Å². The van der Waals surface area contributed by atoms with Crippen LogP contribution in [0.15, 0.2) is 48.5 Å². The molecule has 0 radical (unpaired) electrons. The molecule has 0 aliphatic carbocycles. The smallest absolute Gasteiger partial charge is 0.244 e. The Morgan fingerprint density at radius 2 is 1.67 bits per heavy atom. The molecule has 30 heavy (non-hydrogen) atoms. The summed E-state index contributed by atoms with van der Waals surface area (Å²) in [6, 6.07) is 17.8. The molecule has 2 heterocycles. The van der Waals surface area contributed by atoms with Gasteiger partial charge in [-0.15, -0.1) is 0 Å². The van der Waals surface area contributed by atoms with E-state index in [0.717, 1.165) is 0 Å². The Labute approximate surface area is 177 Å². The quantitative estimate of drug-likeness (QED) is 0.763. The third kappa shape index (κ3) is 2.15. The van der Waals surface area contributed by atoms with Crippen molar-refractivity contribution in [2.24, 2.45) is 16.7 Å². The summed E-state index contributed by atoms with van der Waals surface area (Å²) in [4.78, 5) is 0. The lowest BCUT2D eigenvalue weighted by Gasteiger charge is -2.48. The number of ether oxygens (including phenoxy) is 2. The highest BCUT2D eigenvalue weighted by atomic mass is 35.5.